The van der Waals surface area contributed by atoms with Crippen LogP contribution in [0.4, 0.5) is 5.82 Å². The third-order valence-electron chi connectivity index (χ3n) is 2.79. The Morgan fingerprint density at radius 3 is 2.89 bits per heavy atom. The van der Waals surface area contributed by atoms with Gasteiger partial charge in [-0.3, -0.25) is 4.57 Å². The molecule has 0 saturated heterocycles. The average molecular weight is 246 g/mol. The van der Waals surface area contributed by atoms with Crippen molar-refractivity contribution >= 4 is 5.82 Å². The molecular formula is C13H18N4O. The molecule has 0 radical (unpaired) electrons. The van der Waals surface area contributed by atoms with Gasteiger partial charge in [0.15, 0.2) is 0 Å². The van der Waals surface area contributed by atoms with Crippen LogP contribution >= 0.6 is 0 Å². The van der Waals surface area contributed by atoms with Gasteiger partial charge in [0.1, 0.15) is 5.82 Å². The normalized spacial score (nSPS) is 10.6. The van der Waals surface area contributed by atoms with Crippen molar-refractivity contribution in [1.29, 1.82) is 0 Å². The van der Waals surface area contributed by atoms with Crippen LogP contribution in [-0.4, -0.2) is 20.7 Å². The van der Waals surface area contributed by atoms with E-state index in [2.05, 4.69) is 17.2 Å². The summed E-state index contributed by atoms with van der Waals surface area (Å²) in [6, 6.07) is 3.88. The first-order valence-electron chi connectivity index (χ1n) is 6.12. The van der Waals surface area contributed by atoms with Gasteiger partial charge in [0.25, 0.3) is 0 Å². The summed E-state index contributed by atoms with van der Waals surface area (Å²) in [5, 5.41) is 3.28. The van der Waals surface area contributed by atoms with E-state index in [1.54, 1.807) is 34.8 Å². The molecule has 0 atom stereocenters. The highest BCUT2D eigenvalue weighted by Crippen LogP contribution is 2.12. The van der Waals surface area contributed by atoms with Gasteiger partial charge in [0.2, 0.25) is 0 Å². The molecule has 2 heterocycles. The van der Waals surface area contributed by atoms with Crippen molar-refractivity contribution in [3.05, 3.63) is 46.8 Å². The minimum atomic E-state index is -0.0136. The summed E-state index contributed by atoms with van der Waals surface area (Å²) in [4.78, 5) is 16.1. The monoisotopic (exact) mass is 246 g/mol. The van der Waals surface area contributed by atoms with Crippen molar-refractivity contribution in [3.63, 3.8) is 0 Å². The van der Waals surface area contributed by atoms with E-state index in [-0.39, 0.29) is 5.69 Å². The minimum Gasteiger partial charge on any atom is -0.370 e. The topological polar surface area (TPSA) is 51.9 Å². The largest absolute Gasteiger partial charge is 0.370 e. The van der Waals surface area contributed by atoms with Crippen molar-refractivity contribution in [2.24, 2.45) is 7.05 Å². The van der Waals surface area contributed by atoms with Crippen LogP contribution in [0, 0.1) is 0 Å². The van der Waals surface area contributed by atoms with E-state index in [1.807, 2.05) is 12.1 Å². The third kappa shape index (κ3) is 2.61. The molecule has 18 heavy (non-hydrogen) atoms. The highest BCUT2D eigenvalue weighted by atomic mass is 16.1. The van der Waals surface area contributed by atoms with Gasteiger partial charge in [0, 0.05) is 37.7 Å². The van der Waals surface area contributed by atoms with E-state index in [4.69, 9.17) is 0 Å². The predicted molar refractivity (Wildman–Crippen MR) is 71.8 cm³/mol. The summed E-state index contributed by atoms with van der Waals surface area (Å²) < 4.78 is 3.24. The van der Waals surface area contributed by atoms with E-state index < -0.39 is 0 Å². The molecule has 5 heteroatoms. The van der Waals surface area contributed by atoms with Gasteiger partial charge in [-0.15, -0.1) is 0 Å². The smallest absolute Gasteiger partial charge is 0.328 e. The number of aryl methyl sites for hydroxylation is 1. The van der Waals surface area contributed by atoms with Gasteiger partial charge >= 0.3 is 5.69 Å². The van der Waals surface area contributed by atoms with E-state index in [1.165, 1.54) is 0 Å². The lowest BCUT2D eigenvalue weighted by Crippen LogP contribution is -2.22. The first kappa shape index (κ1) is 12.4. The maximum Gasteiger partial charge on any atom is 0.328 e. The van der Waals surface area contributed by atoms with E-state index in [0.717, 1.165) is 24.3 Å². The van der Waals surface area contributed by atoms with Crippen LogP contribution < -0.4 is 11.0 Å². The highest BCUT2D eigenvalue weighted by Gasteiger charge is 2.06. The van der Waals surface area contributed by atoms with Crippen molar-refractivity contribution in [3.8, 4) is 0 Å². The molecule has 1 N–H and O–H groups in total. The molecule has 2 rings (SSSR count). The van der Waals surface area contributed by atoms with Gasteiger partial charge in [-0.25, -0.2) is 9.78 Å². The Balaban J connectivity index is 2.23. The SMILES string of the molecule is CCCNc1ncccc1Cn1ccn(C)c1=O. The van der Waals surface area contributed by atoms with E-state index in [0.29, 0.717) is 6.54 Å². The summed E-state index contributed by atoms with van der Waals surface area (Å²) in [5.41, 5.74) is 1.01. The summed E-state index contributed by atoms with van der Waals surface area (Å²) in [6.45, 7) is 3.53. The first-order valence-corrected chi connectivity index (χ1v) is 6.12. The molecule has 0 spiro atoms. The standard InChI is InChI=1S/C13H18N4O/c1-3-6-14-12-11(5-4-7-15-12)10-17-9-8-16(2)13(17)18/h4-5,7-9H,3,6,10H2,1-2H3,(H,14,15). The second kappa shape index (κ2) is 5.53. The lowest BCUT2D eigenvalue weighted by Gasteiger charge is -2.10. The molecule has 0 fully saturated rings. The number of hydrogen-bond donors (Lipinski definition) is 1. The zero-order chi connectivity index (χ0) is 13.0. The number of nitrogens with one attached hydrogen (secondary N) is 1. The van der Waals surface area contributed by atoms with Crippen LogP contribution in [-0.2, 0) is 13.6 Å². The third-order valence-corrected chi connectivity index (χ3v) is 2.79. The Morgan fingerprint density at radius 2 is 2.22 bits per heavy atom. The second-order valence-corrected chi connectivity index (χ2v) is 4.26. The fraction of sp³-hybridized carbons (Fsp3) is 0.385. The molecule has 96 valence electrons. The highest BCUT2D eigenvalue weighted by molar-refractivity contribution is 5.43. The molecule has 0 aromatic carbocycles. The summed E-state index contributed by atoms with van der Waals surface area (Å²) in [7, 11) is 1.75. The van der Waals surface area contributed by atoms with Gasteiger partial charge in [-0.2, -0.15) is 0 Å². The van der Waals surface area contributed by atoms with Gasteiger partial charge in [-0.05, 0) is 12.5 Å². The molecule has 0 aliphatic rings. The molecule has 2 aromatic rings. The van der Waals surface area contributed by atoms with Crippen molar-refractivity contribution in [2.45, 2.75) is 19.9 Å². The van der Waals surface area contributed by atoms with Gasteiger partial charge < -0.3 is 9.88 Å². The molecule has 5 nitrogen and oxygen atoms in total. The maximum absolute atomic E-state index is 11.8. The van der Waals surface area contributed by atoms with E-state index >= 15 is 0 Å². The van der Waals surface area contributed by atoms with Crippen LogP contribution in [0.1, 0.15) is 18.9 Å². The number of imidazole rings is 1. The van der Waals surface area contributed by atoms with Crippen LogP contribution in [0.2, 0.25) is 0 Å². The predicted octanol–water partition coefficient (Wildman–Crippen LogP) is 1.45. The van der Waals surface area contributed by atoms with E-state index in [9.17, 15) is 4.79 Å². The number of pyridine rings is 1. The summed E-state index contributed by atoms with van der Waals surface area (Å²) in [6.07, 6.45) is 6.35. The van der Waals surface area contributed by atoms with Gasteiger partial charge in [-0.1, -0.05) is 13.0 Å². The molecule has 2 aromatic heterocycles. The quantitative estimate of drug-likeness (QED) is 0.868. The molecular weight excluding hydrogens is 228 g/mol. The van der Waals surface area contributed by atoms with Crippen LogP contribution in [0.3, 0.4) is 0 Å². The number of aromatic nitrogens is 3. The second-order valence-electron chi connectivity index (χ2n) is 4.26. The number of hydrogen-bond acceptors (Lipinski definition) is 3. The number of nitrogens with zero attached hydrogens (tertiary/aromatic N) is 3. The number of anilines is 1. The first-order chi connectivity index (χ1) is 8.72. The number of rotatable bonds is 5. The fourth-order valence-electron chi connectivity index (χ4n) is 1.78. The zero-order valence-electron chi connectivity index (χ0n) is 10.8. The molecule has 0 unspecified atom stereocenters. The minimum absolute atomic E-state index is 0.0136. The Bertz CT molecular complexity index is 570. The van der Waals surface area contributed by atoms with Crippen LogP contribution in [0.5, 0.6) is 0 Å². The Labute approximate surface area is 106 Å². The Kier molecular flexibility index (Phi) is 3.82. The molecule has 0 bridgehead atoms. The molecule has 0 aliphatic heterocycles. The Hall–Kier alpha value is -2.04. The molecule has 0 amide bonds. The fourth-order valence-corrected chi connectivity index (χ4v) is 1.78. The van der Waals surface area contributed by atoms with Crippen molar-refractivity contribution in [2.75, 3.05) is 11.9 Å². The lowest BCUT2D eigenvalue weighted by atomic mass is 10.2. The molecule has 0 saturated carbocycles. The van der Waals surface area contributed by atoms with Crippen molar-refractivity contribution < 1.29 is 0 Å². The molecule has 0 aliphatic carbocycles. The zero-order valence-corrected chi connectivity index (χ0v) is 10.8. The summed E-state index contributed by atoms with van der Waals surface area (Å²) in [5.74, 6) is 0.857. The Morgan fingerprint density at radius 1 is 1.39 bits per heavy atom. The van der Waals surface area contributed by atoms with Crippen LogP contribution in [0.15, 0.2) is 35.5 Å². The summed E-state index contributed by atoms with van der Waals surface area (Å²) >= 11 is 0. The van der Waals surface area contributed by atoms with Gasteiger partial charge in [0.05, 0.1) is 6.54 Å². The van der Waals surface area contributed by atoms with Crippen molar-refractivity contribution in [1.82, 2.24) is 14.1 Å². The lowest BCUT2D eigenvalue weighted by molar-refractivity contribution is 0.716. The maximum atomic E-state index is 11.8. The average Bonchev–Trinajstić information content (AvgIpc) is 2.70. The van der Waals surface area contributed by atoms with Crippen LogP contribution in [0.25, 0.3) is 0 Å².